The topological polar surface area (TPSA) is 117 Å². The standard InChI is InChI=1S/C33H41N7O4/c1-7-30(42)35-25-16-26(28(43-6)17-27(25)39(5)15-14-38(3)4)36-33-34-18-29(44-20-21(2)41)31(37-33)24-19-40-13-9-11-22-10-8-12-23(24)32(22)40/h7-8,10,12,16-19,21,41H,1,9,11,13-15,20H2,2-6H3,(H,35,42)(H,34,36,37). The van der Waals surface area contributed by atoms with Crippen molar-refractivity contribution in [3.8, 4) is 22.8 Å². The normalized spacial score (nSPS) is 13.1. The van der Waals surface area contributed by atoms with E-state index in [1.165, 1.54) is 17.2 Å². The molecule has 0 fully saturated rings. The molecule has 1 unspecified atom stereocenters. The number of carbonyl (C=O) groups excluding carboxylic acids is 1. The largest absolute Gasteiger partial charge is 0.494 e. The van der Waals surface area contributed by atoms with Gasteiger partial charge >= 0.3 is 0 Å². The number of amides is 1. The van der Waals surface area contributed by atoms with Crippen LogP contribution in [-0.4, -0.2) is 84.5 Å². The highest BCUT2D eigenvalue weighted by atomic mass is 16.5. The quantitative estimate of drug-likeness (QED) is 0.188. The maximum absolute atomic E-state index is 12.4. The van der Waals surface area contributed by atoms with Crippen molar-refractivity contribution < 1.29 is 19.4 Å². The lowest BCUT2D eigenvalue weighted by Gasteiger charge is -2.26. The van der Waals surface area contributed by atoms with Crippen LogP contribution in [0.5, 0.6) is 11.5 Å². The maximum atomic E-state index is 12.4. The van der Waals surface area contributed by atoms with Crippen LogP contribution in [0.3, 0.4) is 0 Å². The summed E-state index contributed by atoms with van der Waals surface area (Å²) >= 11 is 0. The lowest BCUT2D eigenvalue weighted by molar-refractivity contribution is -0.111. The third-order valence-electron chi connectivity index (χ3n) is 7.62. The van der Waals surface area contributed by atoms with Crippen molar-refractivity contribution in [1.29, 1.82) is 0 Å². The smallest absolute Gasteiger partial charge is 0.247 e. The first-order valence-corrected chi connectivity index (χ1v) is 14.8. The summed E-state index contributed by atoms with van der Waals surface area (Å²) in [6, 6.07) is 10.0. The number of nitrogens with one attached hydrogen (secondary N) is 2. The lowest BCUT2D eigenvalue weighted by atomic mass is 10.0. The van der Waals surface area contributed by atoms with Crippen molar-refractivity contribution >= 4 is 39.8 Å². The number of aliphatic hydroxyl groups excluding tert-OH is 1. The van der Waals surface area contributed by atoms with Gasteiger partial charge in [0.15, 0.2) is 5.75 Å². The number of ether oxygens (including phenoxy) is 2. The van der Waals surface area contributed by atoms with Gasteiger partial charge in [0.1, 0.15) is 18.1 Å². The fourth-order valence-electron chi connectivity index (χ4n) is 5.41. The summed E-state index contributed by atoms with van der Waals surface area (Å²) in [7, 11) is 7.59. The number of hydrogen-bond donors (Lipinski definition) is 3. The minimum absolute atomic E-state index is 0.107. The highest BCUT2D eigenvalue weighted by Crippen LogP contribution is 2.41. The third-order valence-corrected chi connectivity index (χ3v) is 7.62. The molecule has 11 heteroatoms. The molecule has 2 aromatic heterocycles. The number of aromatic nitrogens is 3. The predicted octanol–water partition coefficient (Wildman–Crippen LogP) is 4.68. The van der Waals surface area contributed by atoms with Gasteiger partial charge in [-0.15, -0.1) is 0 Å². The Hall–Kier alpha value is -4.61. The molecule has 0 radical (unpaired) electrons. The molecular formula is C33H41N7O4. The van der Waals surface area contributed by atoms with E-state index in [0.717, 1.165) is 49.1 Å². The van der Waals surface area contributed by atoms with Crippen LogP contribution in [0.1, 0.15) is 18.9 Å². The van der Waals surface area contributed by atoms with Crippen LogP contribution in [-0.2, 0) is 17.8 Å². The fourth-order valence-corrected chi connectivity index (χ4v) is 5.41. The average molecular weight is 600 g/mol. The number of rotatable bonds is 13. The third kappa shape index (κ3) is 6.63. The van der Waals surface area contributed by atoms with E-state index >= 15 is 0 Å². The van der Waals surface area contributed by atoms with Crippen molar-refractivity contribution in [1.82, 2.24) is 19.4 Å². The Kier molecular flexibility index (Phi) is 9.36. The van der Waals surface area contributed by atoms with Crippen LogP contribution in [0.15, 0.2) is 55.4 Å². The van der Waals surface area contributed by atoms with Gasteiger partial charge in [0.25, 0.3) is 0 Å². The van der Waals surface area contributed by atoms with E-state index in [0.29, 0.717) is 34.5 Å². The van der Waals surface area contributed by atoms with Gasteiger partial charge in [0.2, 0.25) is 11.9 Å². The Morgan fingerprint density at radius 2 is 2.02 bits per heavy atom. The Bertz CT molecular complexity index is 1660. The number of carbonyl (C=O) groups is 1. The van der Waals surface area contributed by atoms with Crippen molar-refractivity contribution in [3.63, 3.8) is 0 Å². The summed E-state index contributed by atoms with van der Waals surface area (Å²) in [6.45, 7) is 7.87. The summed E-state index contributed by atoms with van der Waals surface area (Å²) in [6.07, 6.45) is 6.44. The molecule has 0 saturated carbocycles. The van der Waals surface area contributed by atoms with Gasteiger partial charge in [0, 0.05) is 49.9 Å². The number of nitrogens with zero attached hydrogens (tertiary/aromatic N) is 5. The number of hydrogen-bond acceptors (Lipinski definition) is 9. The molecule has 1 atom stereocenters. The van der Waals surface area contributed by atoms with E-state index in [4.69, 9.17) is 14.5 Å². The van der Waals surface area contributed by atoms with Gasteiger partial charge in [0.05, 0.1) is 42.0 Å². The Labute approximate surface area is 258 Å². The molecule has 1 amide bonds. The lowest BCUT2D eigenvalue weighted by Crippen LogP contribution is -2.29. The van der Waals surface area contributed by atoms with E-state index in [1.54, 1.807) is 20.2 Å². The number of likely N-dealkylation sites (N-methyl/N-ethyl adjacent to an activating group) is 2. The van der Waals surface area contributed by atoms with Crippen molar-refractivity contribution in [3.05, 3.63) is 60.9 Å². The van der Waals surface area contributed by atoms with Crippen LogP contribution in [0.2, 0.25) is 0 Å². The second-order valence-electron chi connectivity index (χ2n) is 11.3. The summed E-state index contributed by atoms with van der Waals surface area (Å²) in [4.78, 5) is 26.0. The molecule has 11 nitrogen and oxygen atoms in total. The summed E-state index contributed by atoms with van der Waals surface area (Å²) in [5.41, 5.74) is 6.02. The fraction of sp³-hybridized carbons (Fsp3) is 0.364. The van der Waals surface area contributed by atoms with Crippen LogP contribution < -0.4 is 25.0 Å². The van der Waals surface area contributed by atoms with Crippen LogP contribution in [0.25, 0.3) is 22.2 Å². The van der Waals surface area contributed by atoms with Crippen LogP contribution >= 0.6 is 0 Å². The molecule has 232 valence electrons. The van der Waals surface area contributed by atoms with E-state index < -0.39 is 6.10 Å². The number of anilines is 4. The minimum atomic E-state index is -0.654. The Balaban J connectivity index is 1.57. The monoisotopic (exact) mass is 599 g/mol. The summed E-state index contributed by atoms with van der Waals surface area (Å²) < 4.78 is 14.0. The molecule has 0 aliphatic carbocycles. The molecule has 44 heavy (non-hydrogen) atoms. The summed E-state index contributed by atoms with van der Waals surface area (Å²) in [5.74, 6) is 1.03. The minimum Gasteiger partial charge on any atom is -0.494 e. The molecule has 3 N–H and O–H groups in total. The van der Waals surface area contributed by atoms with Crippen molar-refractivity contribution in [2.24, 2.45) is 0 Å². The van der Waals surface area contributed by atoms with Gasteiger partial charge in [-0.1, -0.05) is 24.8 Å². The first-order valence-electron chi connectivity index (χ1n) is 14.8. The van der Waals surface area contributed by atoms with Gasteiger partial charge in [-0.3, -0.25) is 4.79 Å². The molecular weight excluding hydrogens is 558 g/mol. The second-order valence-corrected chi connectivity index (χ2v) is 11.3. The van der Waals surface area contributed by atoms with E-state index in [-0.39, 0.29) is 12.5 Å². The molecule has 0 bridgehead atoms. The molecule has 1 aliphatic rings. The van der Waals surface area contributed by atoms with Gasteiger partial charge in [-0.05, 0) is 51.6 Å². The molecule has 3 heterocycles. The number of aryl methyl sites for hydroxylation is 2. The highest BCUT2D eigenvalue weighted by Gasteiger charge is 2.22. The zero-order valence-electron chi connectivity index (χ0n) is 26.1. The van der Waals surface area contributed by atoms with Crippen molar-refractivity contribution in [2.75, 3.05) is 63.5 Å². The number of para-hydroxylation sites is 1. The number of aliphatic hydroxyl groups is 1. The number of benzene rings is 2. The zero-order valence-corrected chi connectivity index (χ0v) is 26.1. The predicted molar refractivity (Wildman–Crippen MR) is 175 cm³/mol. The van der Waals surface area contributed by atoms with Gasteiger partial charge in [-0.25, -0.2) is 9.97 Å². The number of methoxy groups -OCH3 is 1. The van der Waals surface area contributed by atoms with Crippen LogP contribution in [0.4, 0.5) is 23.0 Å². The molecule has 2 aromatic carbocycles. The second kappa shape index (κ2) is 13.4. The summed E-state index contributed by atoms with van der Waals surface area (Å²) in [5, 5.41) is 17.2. The zero-order chi connectivity index (χ0) is 31.4. The SMILES string of the molecule is C=CC(=O)Nc1cc(Nc2ncc(OCC(C)O)c(-c3cn4c5c(cccc35)CCC4)n2)c(OC)cc1N(C)CCN(C)C. The first-order chi connectivity index (χ1) is 21.2. The molecule has 0 spiro atoms. The molecule has 0 saturated heterocycles. The van der Waals surface area contributed by atoms with Crippen LogP contribution in [0, 0.1) is 0 Å². The Morgan fingerprint density at radius 1 is 1.20 bits per heavy atom. The molecule has 4 aromatic rings. The van der Waals surface area contributed by atoms with Gasteiger partial charge in [-0.2, -0.15) is 0 Å². The molecule has 1 aliphatic heterocycles. The highest BCUT2D eigenvalue weighted by molar-refractivity contribution is 6.02. The first kappa shape index (κ1) is 30.8. The average Bonchev–Trinajstić information content (AvgIpc) is 3.39. The van der Waals surface area contributed by atoms with E-state index in [2.05, 4.69) is 61.0 Å². The van der Waals surface area contributed by atoms with E-state index in [9.17, 15) is 9.90 Å². The van der Waals surface area contributed by atoms with E-state index in [1.807, 2.05) is 33.3 Å². The van der Waals surface area contributed by atoms with Crippen molar-refractivity contribution in [2.45, 2.75) is 32.4 Å². The van der Waals surface area contributed by atoms with Gasteiger partial charge < -0.3 is 39.6 Å². The Morgan fingerprint density at radius 3 is 2.75 bits per heavy atom. The molecule has 5 rings (SSSR count). The maximum Gasteiger partial charge on any atom is 0.247 e.